The number of aliphatic hydroxyl groups is 1. The van der Waals surface area contributed by atoms with Crippen molar-refractivity contribution in [3.05, 3.63) is 22.2 Å². The molecule has 1 aliphatic rings. The average molecular weight is 275 g/mol. The number of nitrogen functional groups attached to an aromatic ring is 1. The van der Waals surface area contributed by atoms with Crippen LogP contribution in [0.5, 0.6) is 0 Å². The second-order valence-corrected chi connectivity index (χ2v) is 4.89. The Morgan fingerprint density at radius 2 is 2.00 bits per heavy atom. The second kappa shape index (κ2) is 4.72. The molecule has 1 saturated heterocycles. The highest BCUT2D eigenvalue weighted by atomic mass is 35.5. The Kier molecular flexibility index (Phi) is 3.47. The summed E-state index contributed by atoms with van der Waals surface area (Å²) in [5.41, 5.74) is 6.56. The Balaban J connectivity index is 2.32. The predicted molar refractivity (Wildman–Crippen MR) is 68.4 cm³/mol. The molecular formula is C11H12Cl2N2O2. The van der Waals surface area contributed by atoms with Crippen molar-refractivity contribution >= 4 is 40.5 Å². The molecule has 0 saturated carbocycles. The largest absolute Gasteiger partial charge is 0.396 e. The van der Waals surface area contributed by atoms with Gasteiger partial charge in [-0.1, -0.05) is 23.2 Å². The Hall–Kier alpha value is -0.970. The smallest absolute Gasteiger partial charge is 0.227 e. The fourth-order valence-corrected chi connectivity index (χ4v) is 2.36. The number of hydrogen-bond acceptors (Lipinski definition) is 3. The van der Waals surface area contributed by atoms with Crippen LogP contribution in [0, 0.1) is 5.92 Å². The third-order valence-electron chi connectivity index (χ3n) is 2.84. The third-order valence-corrected chi connectivity index (χ3v) is 3.46. The summed E-state index contributed by atoms with van der Waals surface area (Å²) in [5.74, 6) is -0.0708. The summed E-state index contributed by atoms with van der Waals surface area (Å²) in [6.07, 6.45) is 0.343. The molecule has 1 atom stereocenters. The number of amides is 1. The number of nitrogens with two attached hydrogens (primary N) is 1. The SMILES string of the molecule is Nc1c(Cl)cc(N2CC(CO)CC2=O)cc1Cl. The monoisotopic (exact) mass is 274 g/mol. The van der Waals surface area contributed by atoms with E-state index in [1.807, 2.05) is 0 Å². The van der Waals surface area contributed by atoms with Gasteiger partial charge in [0.2, 0.25) is 5.91 Å². The van der Waals surface area contributed by atoms with Crippen LogP contribution in [0.2, 0.25) is 10.0 Å². The molecule has 1 unspecified atom stereocenters. The van der Waals surface area contributed by atoms with E-state index < -0.39 is 0 Å². The molecule has 1 heterocycles. The van der Waals surface area contributed by atoms with Crippen LogP contribution in [0.1, 0.15) is 6.42 Å². The van der Waals surface area contributed by atoms with E-state index in [1.54, 1.807) is 17.0 Å². The lowest BCUT2D eigenvalue weighted by atomic mass is 10.1. The fraction of sp³-hybridized carbons (Fsp3) is 0.364. The maximum atomic E-state index is 11.7. The molecule has 2 rings (SSSR count). The van der Waals surface area contributed by atoms with Gasteiger partial charge in [-0.2, -0.15) is 0 Å². The van der Waals surface area contributed by atoms with Gasteiger partial charge < -0.3 is 15.7 Å². The van der Waals surface area contributed by atoms with Gasteiger partial charge in [0.1, 0.15) is 0 Å². The van der Waals surface area contributed by atoms with Gasteiger partial charge in [0.15, 0.2) is 0 Å². The van der Waals surface area contributed by atoms with E-state index in [0.29, 0.717) is 34.4 Å². The third kappa shape index (κ3) is 2.34. The van der Waals surface area contributed by atoms with E-state index in [4.69, 9.17) is 34.0 Å². The average Bonchev–Trinajstić information content (AvgIpc) is 2.67. The van der Waals surface area contributed by atoms with Crippen molar-refractivity contribution in [3.8, 4) is 0 Å². The van der Waals surface area contributed by atoms with E-state index in [1.165, 1.54) is 0 Å². The molecule has 0 radical (unpaired) electrons. The van der Waals surface area contributed by atoms with E-state index in [0.717, 1.165) is 0 Å². The number of hydrogen-bond donors (Lipinski definition) is 2. The van der Waals surface area contributed by atoms with Crippen LogP contribution in [0.4, 0.5) is 11.4 Å². The highest BCUT2D eigenvalue weighted by Crippen LogP contribution is 2.35. The number of rotatable bonds is 2. The molecule has 1 aromatic carbocycles. The van der Waals surface area contributed by atoms with Gasteiger partial charge in [-0.15, -0.1) is 0 Å². The molecule has 92 valence electrons. The first-order valence-electron chi connectivity index (χ1n) is 5.18. The molecule has 0 aliphatic carbocycles. The minimum atomic E-state index is -0.0408. The first-order valence-corrected chi connectivity index (χ1v) is 5.94. The summed E-state index contributed by atoms with van der Waals surface area (Å²) in [6, 6.07) is 3.22. The van der Waals surface area contributed by atoms with Crippen LogP contribution in [-0.4, -0.2) is 24.2 Å². The van der Waals surface area contributed by atoms with Crippen LogP contribution >= 0.6 is 23.2 Å². The van der Waals surface area contributed by atoms with Gasteiger partial charge in [0.05, 0.1) is 15.7 Å². The maximum Gasteiger partial charge on any atom is 0.227 e. The summed E-state index contributed by atoms with van der Waals surface area (Å²) in [5, 5.41) is 9.70. The summed E-state index contributed by atoms with van der Waals surface area (Å²) in [7, 11) is 0. The number of halogens is 2. The molecule has 1 aliphatic heterocycles. The quantitative estimate of drug-likeness (QED) is 0.810. The molecule has 0 bridgehead atoms. The second-order valence-electron chi connectivity index (χ2n) is 4.08. The lowest BCUT2D eigenvalue weighted by Gasteiger charge is -2.18. The summed E-state index contributed by atoms with van der Waals surface area (Å²) < 4.78 is 0. The predicted octanol–water partition coefficient (Wildman–Crippen LogP) is 1.92. The molecule has 1 fully saturated rings. The van der Waals surface area contributed by atoms with Crippen molar-refractivity contribution in [2.45, 2.75) is 6.42 Å². The molecule has 1 aromatic rings. The zero-order valence-electron chi connectivity index (χ0n) is 8.99. The molecule has 6 heteroatoms. The van der Waals surface area contributed by atoms with Crippen molar-refractivity contribution in [1.29, 1.82) is 0 Å². The number of nitrogens with zero attached hydrogens (tertiary/aromatic N) is 1. The van der Waals surface area contributed by atoms with Crippen molar-refractivity contribution in [2.75, 3.05) is 23.8 Å². The van der Waals surface area contributed by atoms with Crippen molar-refractivity contribution in [3.63, 3.8) is 0 Å². The topological polar surface area (TPSA) is 66.6 Å². The minimum Gasteiger partial charge on any atom is -0.396 e. The summed E-state index contributed by atoms with van der Waals surface area (Å²) in [4.78, 5) is 13.3. The fourth-order valence-electron chi connectivity index (χ4n) is 1.88. The van der Waals surface area contributed by atoms with E-state index in [-0.39, 0.29) is 18.4 Å². The Bertz CT molecular complexity index is 442. The normalized spacial score (nSPS) is 20.1. The number of anilines is 2. The van der Waals surface area contributed by atoms with Gasteiger partial charge in [0, 0.05) is 31.2 Å². The number of aliphatic hydroxyl groups excluding tert-OH is 1. The van der Waals surface area contributed by atoms with Gasteiger partial charge >= 0.3 is 0 Å². The molecular weight excluding hydrogens is 263 g/mol. The van der Waals surface area contributed by atoms with Crippen molar-refractivity contribution in [2.24, 2.45) is 5.92 Å². The number of carbonyl (C=O) groups excluding carboxylic acids is 1. The first kappa shape index (κ1) is 12.5. The van der Waals surface area contributed by atoms with Gasteiger partial charge in [-0.3, -0.25) is 4.79 Å². The lowest BCUT2D eigenvalue weighted by Crippen LogP contribution is -2.24. The zero-order valence-corrected chi connectivity index (χ0v) is 10.5. The van der Waals surface area contributed by atoms with E-state index >= 15 is 0 Å². The summed E-state index contributed by atoms with van der Waals surface area (Å²) >= 11 is 11.8. The van der Waals surface area contributed by atoms with Crippen LogP contribution in [0.15, 0.2) is 12.1 Å². The van der Waals surface area contributed by atoms with E-state index in [9.17, 15) is 4.79 Å². The molecule has 17 heavy (non-hydrogen) atoms. The highest BCUT2D eigenvalue weighted by Gasteiger charge is 2.30. The maximum absolute atomic E-state index is 11.7. The number of benzene rings is 1. The lowest BCUT2D eigenvalue weighted by molar-refractivity contribution is -0.117. The van der Waals surface area contributed by atoms with Crippen LogP contribution in [0.3, 0.4) is 0 Å². The number of carbonyl (C=O) groups is 1. The Labute approximate surface area is 109 Å². The van der Waals surface area contributed by atoms with Crippen LogP contribution in [-0.2, 0) is 4.79 Å². The standard InChI is InChI=1S/C11H12Cl2N2O2/c12-8-2-7(3-9(13)11(8)14)15-4-6(5-16)1-10(15)17/h2-3,6,16H,1,4-5,14H2. The minimum absolute atomic E-state index is 0.00131. The molecule has 1 amide bonds. The van der Waals surface area contributed by atoms with Gasteiger partial charge in [-0.05, 0) is 12.1 Å². The van der Waals surface area contributed by atoms with E-state index in [2.05, 4.69) is 0 Å². The molecule has 0 aromatic heterocycles. The van der Waals surface area contributed by atoms with Gasteiger partial charge in [0.25, 0.3) is 0 Å². The zero-order chi connectivity index (χ0) is 12.6. The molecule has 4 nitrogen and oxygen atoms in total. The van der Waals surface area contributed by atoms with Gasteiger partial charge in [-0.25, -0.2) is 0 Å². The van der Waals surface area contributed by atoms with Crippen molar-refractivity contribution < 1.29 is 9.90 Å². The molecule has 0 spiro atoms. The van der Waals surface area contributed by atoms with Crippen LogP contribution in [0.25, 0.3) is 0 Å². The Morgan fingerprint density at radius 3 is 2.47 bits per heavy atom. The van der Waals surface area contributed by atoms with Crippen molar-refractivity contribution in [1.82, 2.24) is 0 Å². The van der Waals surface area contributed by atoms with Crippen LogP contribution < -0.4 is 10.6 Å². The molecule has 3 N–H and O–H groups in total. The first-order chi connectivity index (χ1) is 8.02. The summed E-state index contributed by atoms with van der Waals surface area (Å²) in [6.45, 7) is 0.477. The highest BCUT2D eigenvalue weighted by molar-refractivity contribution is 6.39. The Morgan fingerprint density at radius 1 is 1.41 bits per heavy atom.